The molecule has 0 aliphatic heterocycles. The van der Waals surface area contributed by atoms with E-state index >= 15 is 0 Å². The maximum atomic E-state index is 10.5. The fraction of sp³-hybridized carbons (Fsp3) is 0.750. The van der Waals surface area contributed by atoms with E-state index < -0.39 is 11.9 Å². The van der Waals surface area contributed by atoms with Crippen molar-refractivity contribution in [2.45, 2.75) is 72.6 Å². The molecule has 0 unspecified atom stereocenters. The molecule has 0 aromatic carbocycles. The SMILES string of the molecule is CCC=C(CCC)C(=O)O.CCCC(CCC)C(=O)O. The second-order valence-corrected chi connectivity index (χ2v) is 4.81. The molecular formula is C16H30O4. The first-order valence-corrected chi connectivity index (χ1v) is 7.59. The van der Waals surface area contributed by atoms with E-state index in [2.05, 4.69) is 0 Å². The molecule has 0 amide bonds. The lowest BCUT2D eigenvalue weighted by atomic mass is 9.99. The Morgan fingerprint density at radius 3 is 1.70 bits per heavy atom. The van der Waals surface area contributed by atoms with Crippen LogP contribution in [0.5, 0.6) is 0 Å². The molecule has 0 radical (unpaired) electrons. The van der Waals surface area contributed by atoms with E-state index in [1.165, 1.54) is 0 Å². The highest BCUT2D eigenvalue weighted by molar-refractivity contribution is 5.86. The largest absolute Gasteiger partial charge is 0.481 e. The molecule has 0 aliphatic rings. The van der Waals surface area contributed by atoms with Gasteiger partial charge in [-0.1, -0.05) is 53.0 Å². The van der Waals surface area contributed by atoms with Crippen LogP contribution in [0, 0.1) is 5.92 Å². The number of allylic oxidation sites excluding steroid dienone is 1. The first-order valence-electron chi connectivity index (χ1n) is 7.59. The van der Waals surface area contributed by atoms with Gasteiger partial charge in [-0.15, -0.1) is 0 Å². The Balaban J connectivity index is 0. The average Bonchev–Trinajstić information content (AvgIpc) is 2.38. The van der Waals surface area contributed by atoms with Crippen LogP contribution in [0.2, 0.25) is 0 Å². The van der Waals surface area contributed by atoms with Crippen LogP contribution in [0.1, 0.15) is 72.6 Å². The Hall–Kier alpha value is -1.32. The van der Waals surface area contributed by atoms with Crippen LogP contribution in [0.15, 0.2) is 11.6 Å². The number of hydrogen-bond acceptors (Lipinski definition) is 2. The average molecular weight is 286 g/mol. The predicted octanol–water partition coefficient (Wildman–Crippen LogP) is 4.49. The summed E-state index contributed by atoms with van der Waals surface area (Å²) in [6, 6.07) is 0. The van der Waals surface area contributed by atoms with Crippen molar-refractivity contribution >= 4 is 11.9 Å². The molecule has 4 nitrogen and oxygen atoms in total. The zero-order chi connectivity index (χ0) is 16.0. The maximum Gasteiger partial charge on any atom is 0.331 e. The minimum absolute atomic E-state index is 0.102. The van der Waals surface area contributed by atoms with Crippen molar-refractivity contribution in [3.63, 3.8) is 0 Å². The normalized spacial score (nSPS) is 10.9. The molecule has 0 aliphatic carbocycles. The topological polar surface area (TPSA) is 74.6 Å². The van der Waals surface area contributed by atoms with Gasteiger partial charge in [0.2, 0.25) is 0 Å². The number of carbonyl (C=O) groups is 2. The first-order chi connectivity index (χ1) is 9.44. The van der Waals surface area contributed by atoms with E-state index in [1.54, 1.807) is 6.08 Å². The summed E-state index contributed by atoms with van der Waals surface area (Å²) in [5.41, 5.74) is 0.546. The van der Waals surface area contributed by atoms with Gasteiger partial charge in [-0.3, -0.25) is 4.79 Å². The van der Waals surface area contributed by atoms with E-state index in [4.69, 9.17) is 10.2 Å². The van der Waals surface area contributed by atoms with Gasteiger partial charge in [0, 0.05) is 5.57 Å². The maximum absolute atomic E-state index is 10.5. The van der Waals surface area contributed by atoms with Crippen molar-refractivity contribution in [3.8, 4) is 0 Å². The summed E-state index contributed by atoms with van der Waals surface area (Å²) in [6.45, 7) is 7.96. The highest BCUT2D eigenvalue weighted by Crippen LogP contribution is 2.12. The fourth-order valence-electron chi connectivity index (χ4n) is 1.90. The number of aliphatic carboxylic acids is 2. The summed E-state index contributed by atoms with van der Waals surface area (Å²) < 4.78 is 0. The smallest absolute Gasteiger partial charge is 0.331 e. The van der Waals surface area contributed by atoms with Crippen molar-refractivity contribution in [2.75, 3.05) is 0 Å². The predicted molar refractivity (Wildman–Crippen MR) is 81.9 cm³/mol. The summed E-state index contributed by atoms with van der Waals surface area (Å²) >= 11 is 0. The van der Waals surface area contributed by atoms with Gasteiger partial charge in [-0.05, 0) is 25.7 Å². The number of carboxylic acid groups (broad SMARTS) is 2. The second-order valence-electron chi connectivity index (χ2n) is 4.81. The van der Waals surface area contributed by atoms with Crippen molar-refractivity contribution in [2.24, 2.45) is 5.92 Å². The van der Waals surface area contributed by atoms with Gasteiger partial charge in [0.05, 0.1) is 5.92 Å². The van der Waals surface area contributed by atoms with Gasteiger partial charge in [0.25, 0.3) is 0 Å². The highest BCUT2D eigenvalue weighted by Gasteiger charge is 2.13. The van der Waals surface area contributed by atoms with Crippen LogP contribution >= 0.6 is 0 Å². The lowest BCUT2D eigenvalue weighted by molar-refractivity contribution is -0.142. The minimum atomic E-state index is -0.774. The third-order valence-corrected chi connectivity index (χ3v) is 2.87. The highest BCUT2D eigenvalue weighted by atomic mass is 16.4. The quantitative estimate of drug-likeness (QED) is 0.612. The third-order valence-electron chi connectivity index (χ3n) is 2.87. The Kier molecular flexibility index (Phi) is 14.8. The van der Waals surface area contributed by atoms with Gasteiger partial charge in [0.1, 0.15) is 0 Å². The van der Waals surface area contributed by atoms with Gasteiger partial charge in [-0.2, -0.15) is 0 Å². The summed E-state index contributed by atoms with van der Waals surface area (Å²) in [5, 5.41) is 17.2. The molecule has 4 heteroatoms. The minimum Gasteiger partial charge on any atom is -0.481 e. The van der Waals surface area contributed by atoms with Crippen molar-refractivity contribution in [1.82, 2.24) is 0 Å². The molecular weight excluding hydrogens is 256 g/mol. The molecule has 0 atom stereocenters. The molecule has 0 rings (SSSR count). The molecule has 0 aromatic rings. The van der Waals surface area contributed by atoms with Crippen molar-refractivity contribution in [1.29, 1.82) is 0 Å². The van der Waals surface area contributed by atoms with E-state index in [9.17, 15) is 9.59 Å². The molecule has 0 spiro atoms. The zero-order valence-electron chi connectivity index (χ0n) is 13.3. The summed E-state index contributed by atoms with van der Waals surface area (Å²) in [5.74, 6) is -1.51. The molecule has 2 N–H and O–H groups in total. The van der Waals surface area contributed by atoms with E-state index in [-0.39, 0.29) is 5.92 Å². The molecule has 0 saturated heterocycles. The van der Waals surface area contributed by atoms with Crippen LogP contribution in [-0.2, 0) is 9.59 Å². The van der Waals surface area contributed by atoms with Crippen molar-refractivity contribution in [3.05, 3.63) is 11.6 Å². The molecule has 0 saturated carbocycles. The van der Waals surface area contributed by atoms with Gasteiger partial charge < -0.3 is 10.2 Å². The lowest BCUT2D eigenvalue weighted by Crippen LogP contribution is -2.12. The van der Waals surface area contributed by atoms with Gasteiger partial charge >= 0.3 is 11.9 Å². The fourth-order valence-corrected chi connectivity index (χ4v) is 1.90. The second kappa shape index (κ2) is 14.1. The molecule has 0 fully saturated rings. The molecule has 20 heavy (non-hydrogen) atoms. The van der Waals surface area contributed by atoms with Crippen LogP contribution in [-0.4, -0.2) is 22.2 Å². The summed E-state index contributed by atoms with van der Waals surface area (Å²) in [7, 11) is 0. The van der Waals surface area contributed by atoms with Gasteiger partial charge in [-0.25, -0.2) is 4.79 Å². The Labute approximate surface area is 122 Å². The van der Waals surface area contributed by atoms with Crippen LogP contribution in [0.3, 0.4) is 0 Å². The summed E-state index contributed by atoms with van der Waals surface area (Å²) in [4.78, 5) is 20.9. The molecule has 118 valence electrons. The van der Waals surface area contributed by atoms with Crippen molar-refractivity contribution < 1.29 is 19.8 Å². The molecule has 0 bridgehead atoms. The Morgan fingerprint density at radius 1 is 0.950 bits per heavy atom. The molecule has 0 heterocycles. The summed E-state index contributed by atoms with van der Waals surface area (Å²) in [6.07, 6.45) is 7.75. The zero-order valence-corrected chi connectivity index (χ0v) is 13.3. The number of rotatable bonds is 9. The third kappa shape index (κ3) is 11.8. The Morgan fingerprint density at radius 2 is 1.45 bits per heavy atom. The van der Waals surface area contributed by atoms with E-state index in [1.807, 2.05) is 27.7 Å². The molecule has 0 aromatic heterocycles. The Bertz CT molecular complexity index is 289. The standard InChI is InChI=1S/C8H16O2.C8H14O2/c2*1-3-5-7(6-4-2)8(9)10/h7H,3-6H2,1-2H3,(H,9,10);5H,3-4,6H2,1-2H3,(H,9,10). The number of hydrogen-bond donors (Lipinski definition) is 2. The van der Waals surface area contributed by atoms with Gasteiger partial charge in [0.15, 0.2) is 0 Å². The lowest BCUT2D eigenvalue weighted by Gasteiger charge is -2.07. The van der Waals surface area contributed by atoms with Crippen LogP contribution in [0.4, 0.5) is 0 Å². The first kappa shape index (κ1) is 21.0. The number of carboxylic acids is 2. The van der Waals surface area contributed by atoms with Crippen LogP contribution in [0.25, 0.3) is 0 Å². The van der Waals surface area contributed by atoms with Crippen LogP contribution < -0.4 is 0 Å². The monoisotopic (exact) mass is 286 g/mol. The van der Waals surface area contributed by atoms with E-state index in [0.29, 0.717) is 12.0 Å². The van der Waals surface area contributed by atoms with E-state index in [0.717, 1.165) is 38.5 Å².